The molecule has 0 spiro atoms. The first kappa shape index (κ1) is 17.2. The van der Waals surface area contributed by atoms with Gasteiger partial charge in [0.15, 0.2) is 0 Å². The first-order valence-electron chi connectivity index (χ1n) is 7.71. The van der Waals surface area contributed by atoms with Gasteiger partial charge in [0.25, 0.3) is 0 Å². The van der Waals surface area contributed by atoms with Crippen molar-refractivity contribution >= 4 is 23.2 Å². The summed E-state index contributed by atoms with van der Waals surface area (Å²) in [7, 11) is 0. The van der Waals surface area contributed by atoms with Crippen LogP contribution in [-0.4, -0.2) is 21.2 Å². The average Bonchev–Trinajstić information content (AvgIpc) is 2.58. The third-order valence-electron chi connectivity index (χ3n) is 3.83. The monoisotopic (exact) mass is 353 g/mol. The molecule has 2 aromatic carbocycles. The molecule has 0 aliphatic heterocycles. The Kier molecular flexibility index (Phi) is 4.45. The van der Waals surface area contributed by atoms with E-state index in [1.54, 1.807) is 31.2 Å². The van der Waals surface area contributed by atoms with E-state index < -0.39 is 11.8 Å². The number of hydrogen-bond donors (Lipinski definition) is 4. The molecule has 0 bridgehead atoms. The van der Waals surface area contributed by atoms with Gasteiger partial charge in [-0.15, -0.1) is 0 Å². The Balaban J connectivity index is 1.98. The number of pyridine rings is 1. The van der Waals surface area contributed by atoms with Crippen LogP contribution in [0, 0.1) is 12.7 Å². The highest BCUT2D eigenvalue weighted by molar-refractivity contribution is 5.93. The lowest BCUT2D eigenvalue weighted by atomic mass is 10.1. The summed E-state index contributed by atoms with van der Waals surface area (Å²) in [5, 5.41) is 22.1. The van der Waals surface area contributed by atoms with Crippen molar-refractivity contribution in [2.45, 2.75) is 6.92 Å². The summed E-state index contributed by atoms with van der Waals surface area (Å²) in [5.74, 6) is -1.80. The number of nitrogens with zero attached hydrogens (tertiary/aromatic N) is 1. The van der Waals surface area contributed by atoms with Crippen molar-refractivity contribution in [2.75, 3.05) is 11.1 Å². The second-order valence-corrected chi connectivity index (χ2v) is 5.77. The number of carboxylic acid groups (broad SMARTS) is 1. The summed E-state index contributed by atoms with van der Waals surface area (Å²) >= 11 is 0. The van der Waals surface area contributed by atoms with Crippen molar-refractivity contribution in [3.05, 3.63) is 65.5 Å². The summed E-state index contributed by atoms with van der Waals surface area (Å²) in [5.41, 5.74) is 7.81. The average molecular weight is 353 g/mol. The number of aryl methyl sites for hydroxylation is 1. The number of carboxylic acids is 1. The zero-order chi connectivity index (χ0) is 18.8. The number of nitrogens with one attached hydrogen (secondary N) is 1. The van der Waals surface area contributed by atoms with Crippen molar-refractivity contribution in [3.63, 3.8) is 0 Å². The highest BCUT2D eigenvalue weighted by atomic mass is 19.1. The molecular formula is C19H16FN3O3. The first-order chi connectivity index (χ1) is 12.3. The van der Waals surface area contributed by atoms with Gasteiger partial charge in [-0.05, 0) is 55.0 Å². The van der Waals surface area contributed by atoms with E-state index in [1.807, 2.05) is 0 Å². The lowest BCUT2D eigenvalue weighted by Gasteiger charge is -2.12. The fourth-order valence-electron chi connectivity index (χ4n) is 2.50. The molecule has 0 atom stereocenters. The van der Waals surface area contributed by atoms with Crippen LogP contribution < -0.4 is 11.1 Å². The molecule has 3 rings (SSSR count). The van der Waals surface area contributed by atoms with E-state index in [0.717, 1.165) is 5.56 Å². The topological polar surface area (TPSA) is 108 Å². The molecule has 5 N–H and O–H groups in total. The van der Waals surface area contributed by atoms with Gasteiger partial charge in [0.1, 0.15) is 22.9 Å². The van der Waals surface area contributed by atoms with Gasteiger partial charge in [-0.2, -0.15) is 0 Å². The zero-order valence-electron chi connectivity index (χ0n) is 13.8. The maximum absolute atomic E-state index is 14.0. The van der Waals surface area contributed by atoms with Gasteiger partial charge in [0.2, 0.25) is 0 Å². The lowest BCUT2D eigenvalue weighted by molar-refractivity contribution is 0.0697. The number of aromatic carboxylic acids is 1. The summed E-state index contributed by atoms with van der Waals surface area (Å²) in [6, 6.07) is 12.2. The van der Waals surface area contributed by atoms with E-state index in [9.17, 15) is 14.3 Å². The largest absolute Gasteiger partial charge is 0.507 e. The maximum atomic E-state index is 14.0. The Morgan fingerprint density at radius 2 is 1.92 bits per heavy atom. The minimum absolute atomic E-state index is 0.0603. The number of aromatic hydroxyl groups is 1. The van der Waals surface area contributed by atoms with E-state index in [0.29, 0.717) is 22.6 Å². The number of aromatic nitrogens is 1. The molecular weight excluding hydrogens is 337 g/mol. The Morgan fingerprint density at radius 3 is 2.58 bits per heavy atom. The highest BCUT2D eigenvalue weighted by Crippen LogP contribution is 2.33. The molecule has 0 aliphatic rings. The number of phenols is 1. The Hall–Kier alpha value is -3.61. The molecule has 0 fully saturated rings. The van der Waals surface area contributed by atoms with Gasteiger partial charge in [-0.25, -0.2) is 14.2 Å². The Morgan fingerprint density at radius 1 is 1.15 bits per heavy atom. The number of benzene rings is 2. The fraction of sp³-hybridized carbons (Fsp3) is 0.0526. The van der Waals surface area contributed by atoms with E-state index in [4.69, 9.17) is 10.8 Å². The van der Waals surface area contributed by atoms with Crippen LogP contribution in [0.1, 0.15) is 15.9 Å². The summed E-state index contributed by atoms with van der Waals surface area (Å²) < 4.78 is 14.0. The smallest absolute Gasteiger partial charge is 0.339 e. The normalized spacial score (nSPS) is 10.5. The van der Waals surface area contributed by atoms with Gasteiger partial charge in [0, 0.05) is 11.3 Å². The number of phenolic OH excluding ortho intramolecular Hbond substituents is 1. The SMILES string of the molecule is Cc1ccc(Nc2ccc(O)c(-c3ccc(C(=O)O)c(N)n3)c2)c(F)c1. The van der Waals surface area contributed by atoms with E-state index in [-0.39, 0.29) is 17.1 Å². The van der Waals surface area contributed by atoms with E-state index >= 15 is 0 Å². The molecule has 132 valence electrons. The number of carbonyl (C=O) groups is 1. The van der Waals surface area contributed by atoms with Gasteiger partial charge in [0.05, 0.1) is 11.4 Å². The van der Waals surface area contributed by atoms with Gasteiger partial charge >= 0.3 is 5.97 Å². The van der Waals surface area contributed by atoms with Crippen LogP contribution in [0.4, 0.5) is 21.6 Å². The van der Waals surface area contributed by atoms with Gasteiger partial charge in [-0.3, -0.25) is 0 Å². The van der Waals surface area contributed by atoms with E-state index in [1.165, 1.54) is 24.3 Å². The van der Waals surface area contributed by atoms with Crippen LogP contribution in [0.5, 0.6) is 5.75 Å². The van der Waals surface area contributed by atoms with E-state index in [2.05, 4.69) is 10.3 Å². The minimum Gasteiger partial charge on any atom is -0.507 e. The zero-order valence-corrected chi connectivity index (χ0v) is 13.8. The summed E-state index contributed by atoms with van der Waals surface area (Å²) in [6.45, 7) is 1.79. The quantitative estimate of drug-likeness (QED) is 0.529. The predicted molar refractivity (Wildman–Crippen MR) is 97.1 cm³/mol. The standard InChI is InChI=1S/C19H16FN3O3/c1-10-2-5-16(14(20)8-10)22-11-3-7-17(24)13(9-11)15-6-4-12(19(25)26)18(21)23-15/h2-9,22,24H,1H3,(H2,21,23)(H,25,26). The molecule has 6 nitrogen and oxygen atoms in total. The number of halogens is 1. The molecule has 0 unspecified atom stereocenters. The number of anilines is 3. The molecule has 1 heterocycles. The summed E-state index contributed by atoms with van der Waals surface area (Å²) in [6.07, 6.45) is 0. The summed E-state index contributed by atoms with van der Waals surface area (Å²) in [4.78, 5) is 15.1. The molecule has 0 amide bonds. The van der Waals surface area contributed by atoms with Crippen molar-refractivity contribution < 1.29 is 19.4 Å². The maximum Gasteiger partial charge on any atom is 0.339 e. The number of nitrogen functional groups attached to an aromatic ring is 1. The first-order valence-corrected chi connectivity index (χ1v) is 7.71. The molecule has 0 saturated carbocycles. The molecule has 7 heteroatoms. The van der Waals surface area contributed by atoms with Gasteiger partial charge < -0.3 is 21.3 Å². The molecule has 0 radical (unpaired) electrons. The second kappa shape index (κ2) is 6.72. The van der Waals surface area contributed by atoms with Crippen molar-refractivity contribution in [2.24, 2.45) is 0 Å². The molecule has 3 aromatic rings. The Bertz CT molecular complexity index is 1010. The number of hydrogen-bond acceptors (Lipinski definition) is 5. The molecule has 0 aliphatic carbocycles. The number of nitrogens with two attached hydrogens (primary N) is 1. The van der Waals surface area contributed by atoms with Crippen LogP contribution >= 0.6 is 0 Å². The minimum atomic E-state index is -1.18. The van der Waals surface area contributed by atoms with Crippen molar-refractivity contribution in [3.8, 4) is 17.0 Å². The van der Waals surface area contributed by atoms with Crippen molar-refractivity contribution in [1.82, 2.24) is 4.98 Å². The Labute approximate surface area is 148 Å². The van der Waals surface area contributed by atoms with Gasteiger partial charge in [-0.1, -0.05) is 6.07 Å². The molecule has 1 aromatic heterocycles. The molecule has 0 saturated heterocycles. The molecule has 26 heavy (non-hydrogen) atoms. The van der Waals surface area contributed by atoms with Crippen LogP contribution in [0.3, 0.4) is 0 Å². The second-order valence-electron chi connectivity index (χ2n) is 5.77. The fourth-order valence-corrected chi connectivity index (χ4v) is 2.50. The van der Waals surface area contributed by atoms with Crippen LogP contribution in [0.25, 0.3) is 11.3 Å². The lowest BCUT2D eigenvalue weighted by Crippen LogP contribution is -2.05. The highest BCUT2D eigenvalue weighted by Gasteiger charge is 2.13. The number of rotatable bonds is 4. The van der Waals surface area contributed by atoms with Crippen LogP contribution in [0.15, 0.2) is 48.5 Å². The predicted octanol–water partition coefficient (Wildman–Crippen LogP) is 3.93. The van der Waals surface area contributed by atoms with Crippen LogP contribution in [-0.2, 0) is 0 Å². The third-order valence-corrected chi connectivity index (χ3v) is 3.83. The van der Waals surface area contributed by atoms with Crippen molar-refractivity contribution in [1.29, 1.82) is 0 Å². The van der Waals surface area contributed by atoms with Crippen LogP contribution in [0.2, 0.25) is 0 Å². The third kappa shape index (κ3) is 3.41.